The molecule has 2 amide bonds. The highest BCUT2D eigenvalue weighted by Gasteiger charge is 2.29. The monoisotopic (exact) mass is 371 g/mol. The summed E-state index contributed by atoms with van der Waals surface area (Å²) in [5.74, 6) is -2.98. The highest BCUT2D eigenvalue weighted by Crippen LogP contribution is 2.18. The summed E-state index contributed by atoms with van der Waals surface area (Å²) in [5.41, 5.74) is 2.85. The summed E-state index contributed by atoms with van der Waals surface area (Å²) in [4.78, 5) is 27.9. The third-order valence-electron chi connectivity index (χ3n) is 3.62. The third kappa shape index (κ3) is 4.72. The molecule has 7 nitrogen and oxygen atoms in total. The van der Waals surface area contributed by atoms with E-state index >= 15 is 0 Å². The molecule has 1 aliphatic rings. The smallest absolute Gasteiger partial charge is 0.252 e. The molecule has 0 fully saturated rings. The molecule has 0 aromatic heterocycles. The van der Waals surface area contributed by atoms with Crippen molar-refractivity contribution in [3.63, 3.8) is 0 Å². The van der Waals surface area contributed by atoms with Crippen LogP contribution in [-0.2, 0) is 9.59 Å². The zero-order valence-electron chi connectivity index (χ0n) is 13.9. The lowest BCUT2D eigenvalue weighted by Crippen LogP contribution is -2.35. The van der Waals surface area contributed by atoms with Gasteiger partial charge in [-0.25, -0.2) is 19.2 Å². The number of anilines is 1. The Morgan fingerprint density at radius 1 is 1.15 bits per heavy atom. The van der Waals surface area contributed by atoms with Gasteiger partial charge in [-0.15, -0.1) is 0 Å². The number of nitrogens with one attached hydrogen (secondary N) is 3. The first kappa shape index (κ1) is 18.2. The van der Waals surface area contributed by atoms with Crippen LogP contribution in [0.2, 0.25) is 0 Å². The molecule has 2 aromatic rings. The molecule has 1 heterocycles. The van der Waals surface area contributed by atoms with E-state index in [0.717, 1.165) is 17.7 Å². The quantitative estimate of drug-likeness (QED) is 0.552. The van der Waals surface area contributed by atoms with E-state index in [-0.39, 0.29) is 12.4 Å². The second-order valence-electron chi connectivity index (χ2n) is 5.61. The van der Waals surface area contributed by atoms with Crippen molar-refractivity contribution in [3.05, 3.63) is 65.7 Å². The van der Waals surface area contributed by atoms with Crippen molar-refractivity contribution >= 4 is 29.7 Å². The molecule has 3 rings (SSSR count). The summed E-state index contributed by atoms with van der Waals surface area (Å²) in [6.07, 6.45) is 1.17. The fourth-order valence-corrected chi connectivity index (χ4v) is 2.33. The van der Waals surface area contributed by atoms with E-state index in [9.17, 15) is 18.4 Å². The van der Waals surface area contributed by atoms with Crippen molar-refractivity contribution in [2.24, 2.45) is 10.1 Å². The molecule has 3 N–H and O–H groups in total. The Hall–Kier alpha value is -3.62. The Balaban J connectivity index is 1.57. The van der Waals surface area contributed by atoms with Crippen LogP contribution in [0.5, 0.6) is 0 Å². The van der Waals surface area contributed by atoms with Crippen molar-refractivity contribution in [3.8, 4) is 0 Å². The minimum absolute atomic E-state index is 0.0852. The summed E-state index contributed by atoms with van der Waals surface area (Å²) < 4.78 is 27.1. The molecular formula is C18H15F2N5O2. The lowest BCUT2D eigenvalue weighted by Gasteiger charge is -2.08. The number of benzene rings is 2. The number of halogens is 2. The van der Waals surface area contributed by atoms with Crippen LogP contribution in [0.1, 0.15) is 12.0 Å². The molecule has 1 atom stereocenters. The summed E-state index contributed by atoms with van der Waals surface area (Å²) in [6.45, 7) is 0. The molecule has 0 bridgehead atoms. The average molecular weight is 371 g/mol. The fourth-order valence-electron chi connectivity index (χ4n) is 2.33. The van der Waals surface area contributed by atoms with Gasteiger partial charge >= 0.3 is 0 Å². The second kappa shape index (κ2) is 8.17. The van der Waals surface area contributed by atoms with Crippen LogP contribution in [0.15, 0.2) is 58.6 Å². The van der Waals surface area contributed by atoms with Gasteiger partial charge in [0.1, 0.15) is 23.4 Å². The van der Waals surface area contributed by atoms with Gasteiger partial charge in [0.05, 0.1) is 12.6 Å². The van der Waals surface area contributed by atoms with Gasteiger partial charge in [0.2, 0.25) is 11.9 Å². The van der Waals surface area contributed by atoms with E-state index in [1.165, 1.54) is 12.3 Å². The predicted molar refractivity (Wildman–Crippen MR) is 96.1 cm³/mol. The Bertz CT molecular complexity index is 895. The topological polar surface area (TPSA) is 94.9 Å². The molecule has 0 radical (unpaired) electrons. The standard InChI is InChI=1S/C18H15F2N5O2/c19-12-7-4-8-13(20)16(12)23-15(26)9-14-17(27)24-18(22-14)25-21-10-11-5-2-1-3-6-11/h1-8,10,14H,9H2,(H,23,26)(H2,22,24,25,27)/b21-10+. The van der Waals surface area contributed by atoms with E-state index in [2.05, 4.69) is 26.2 Å². The molecule has 1 aliphatic heterocycles. The highest BCUT2D eigenvalue weighted by molar-refractivity contribution is 6.07. The molecule has 9 heteroatoms. The summed E-state index contributed by atoms with van der Waals surface area (Å²) in [5, 5.41) is 8.50. The number of hydrogen-bond acceptors (Lipinski definition) is 5. The molecule has 0 saturated carbocycles. The largest absolute Gasteiger partial charge is 0.321 e. The second-order valence-corrected chi connectivity index (χ2v) is 5.61. The zero-order valence-corrected chi connectivity index (χ0v) is 13.9. The van der Waals surface area contributed by atoms with Crippen LogP contribution in [0.25, 0.3) is 0 Å². The van der Waals surface area contributed by atoms with Crippen molar-refractivity contribution in [2.45, 2.75) is 12.5 Å². The summed E-state index contributed by atoms with van der Waals surface area (Å²) in [7, 11) is 0. The lowest BCUT2D eigenvalue weighted by molar-refractivity contribution is -0.123. The Morgan fingerprint density at radius 2 is 1.85 bits per heavy atom. The summed E-state index contributed by atoms with van der Waals surface area (Å²) >= 11 is 0. The maximum Gasteiger partial charge on any atom is 0.252 e. The minimum Gasteiger partial charge on any atom is -0.321 e. The van der Waals surface area contributed by atoms with E-state index in [4.69, 9.17) is 0 Å². The van der Waals surface area contributed by atoms with Gasteiger partial charge in [-0.1, -0.05) is 36.4 Å². The van der Waals surface area contributed by atoms with Gasteiger partial charge < -0.3 is 5.32 Å². The first-order valence-corrected chi connectivity index (χ1v) is 7.99. The van der Waals surface area contributed by atoms with Gasteiger partial charge in [-0.05, 0) is 17.7 Å². The number of amides is 2. The number of carbonyl (C=O) groups is 2. The maximum absolute atomic E-state index is 13.6. The zero-order chi connectivity index (χ0) is 19.2. The molecule has 1 unspecified atom stereocenters. The van der Waals surface area contributed by atoms with Gasteiger partial charge in [0, 0.05) is 0 Å². The van der Waals surface area contributed by atoms with E-state index in [0.29, 0.717) is 0 Å². The molecule has 0 saturated heterocycles. The van der Waals surface area contributed by atoms with E-state index < -0.39 is 35.2 Å². The number of aliphatic imine (C=N–C) groups is 1. The first-order chi connectivity index (χ1) is 13.0. The number of guanidine groups is 1. The highest BCUT2D eigenvalue weighted by atomic mass is 19.1. The number of hydrogen-bond donors (Lipinski definition) is 3. The van der Waals surface area contributed by atoms with Crippen molar-refractivity contribution < 1.29 is 18.4 Å². The molecule has 27 heavy (non-hydrogen) atoms. The van der Waals surface area contributed by atoms with Crippen LogP contribution in [-0.4, -0.2) is 30.0 Å². The van der Waals surface area contributed by atoms with Crippen molar-refractivity contribution in [1.82, 2.24) is 10.7 Å². The number of rotatable bonds is 5. The van der Waals surface area contributed by atoms with Crippen molar-refractivity contribution in [1.29, 1.82) is 0 Å². The minimum atomic E-state index is -1.02. The van der Waals surface area contributed by atoms with Gasteiger partial charge in [0.25, 0.3) is 5.91 Å². The van der Waals surface area contributed by atoms with Gasteiger partial charge in [0.15, 0.2) is 0 Å². The van der Waals surface area contributed by atoms with Crippen LogP contribution in [0.3, 0.4) is 0 Å². The SMILES string of the molecule is O=C(CC1N=C(N/N=C/c2ccccc2)NC1=O)Nc1c(F)cccc1F. The van der Waals surface area contributed by atoms with Crippen LogP contribution < -0.4 is 16.1 Å². The Labute approximate surface area is 153 Å². The predicted octanol–water partition coefficient (Wildman–Crippen LogP) is 1.77. The van der Waals surface area contributed by atoms with Gasteiger partial charge in [-0.2, -0.15) is 5.10 Å². The van der Waals surface area contributed by atoms with E-state index in [1.54, 1.807) is 0 Å². The van der Waals surface area contributed by atoms with Crippen LogP contribution >= 0.6 is 0 Å². The van der Waals surface area contributed by atoms with Crippen LogP contribution in [0.4, 0.5) is 14.5 Å². The van der Waals surface area contributed by atoms with Crippen molar-refractivity contribution in [2.75, 3.05) is 5.32 Å². The molecule has 0 spiro atoms. The first-order valence-electron chi connectivity index (χ1n) is 7.99. The average Bonchev–Trinajstić information content (AvgIpc) is 2.98. The Kier molecular flexibility index (Phi) is 5.50. The molecule has 0 aliphatic carbocycles. The number of para-hydroxylation sites is 1. The number of hydrazone groups is 1. The number of carbonyl (C=O) groups excluding carboxylic acids is 2. The fraction of sp³-hybridized carbons (Fsp3) is 0.111. The number of nitrogens with zero attached hydrogens (tertiary/aromatic N) is 2. The van der Waals surface area contributed by atoms with Crippen LogP contribution in [0, 0.1) is 11.6 Å². The summed E-state index contributed by atoms with van der Waals surface area (Å²) in [6, 6.07) is 11.5. The normalized spacial score (nSPS) is 16.1. The van der Waals surface area contributed by atoms with Gasteiger partial charge in [-0.3, -0.25) is 14.9 Å². The molecular weight excluding hydrogens is 356 g/mol. The third-order valence-corrected chi connectivity index (χ3v) is 3.62. The van der Waals surface area contributed by atoms with E-state index in [1.807, 2.05) is 30.3 Å². The molecule has 2 aromatic carbocycles. The lowest BCUT2D eigenvalue weighted by atomic mass is 10.2. The maximum atomic E-state index is 13.6. The molecule has 138 valence electrons. The Morgan fingerprint density at radius 3 is 2.56 bits per heavy atom.